The maximum Gasteiger partial charge on any atom is 0.0934 e. The Morgan fingerprint density at radius 3 is 2.79 bits per heavy atom. The molecule has 1 aliphatic heterocycles. The normalized spacial score (nSPS) is 18.6. The zero-order valence-electron chi connectivity index (χ0n) is 8.23. The van der Waals surface area contributed by atoms with E-state index in [0.717, 1.165) is 13.0 Å². The summed E-state index contributed by atoms with van der Waals surface area (Å²) in [6, 6.07) is 10.4. The van der Waals surface area contributed by atoms with Crippen LogP contribution in [0, 0.1) is 0 Å². The predicted molar refractivity (Wildman–Crippen MR) is 64.9 cm³/mol. The van der Waals surface area contributed by atoms with E-state index in [4.69, 9.17) is 0 Å². The fraction of sp³-hybridized carbons (Fsp3) is 0.250. The molecule has 2 heteroatoms. The molecule has 2 rings (SSSR count). The van der Waals surface area contributed by atoms with Gasteiger partial charge in [0, 0.05) is 6.54 Å². The SMILES string of the molecule is CSC1=NCC/C1=C\c1ccccc1. The minimum atomic E-state index is 0.953. The third kappa shape index (κ3) is 2.07. The van der Waals surface area contributed by atoms with Crippen molar-refractivity contribution in [1.29, 1.82) is 0 Å². The first-order chi connectivity index (χ1) is 6.90. The van der Waals surface area contributed by atoms with E-state index in [0.29, 0.717) is 0 Å². The third-order valence-corrected chi connectivity index (χ3v) is 3.02. The van der Waals surface area contributed by atoms with E-state index in [1.807, 2.05) is 6.07 Å². The molecule has 1 heterocycles. The predicted octanol–water partition coefficient (Wildman–Crippen LogP) is 3.24. The molecule has 0 amide bonds. The van der Waals surface area contributed by atoms with E-state index in [9.17, 15) is 0 Å². The van der Waals surface area contributed by atoms with E-state index in [-0.39, 0.29) is 0 Å². The van der Waals surface area contributed by atoms with Gasteiger partial charge in [0.2, 0.25) is 0 Å². The fourth-order valence-electron chi connectivity index (χ4n) is 1.57. The smallest absolute Gasteiger partial charge is 0.0934 e. The number of benzene rings is 1. The van der Waals surface area contributed by atoms with Gasteiger partial charge < -0.3 is 0 Å². The van der Waals surface area contributed by atoms with Gasteiger partial charge in [0.05, 0.1) is 5.04 Å². The second kappa shape index (κ2) is 4.47. The summed E-state index contributed by atoms with van der Waals surface area (Å²) in [4.78, 5) is 4.44. The van der Waals surface area contributed by atoms with Gasteiger partial charge in [0.1, 0.15) is 0 Å². The zero-order valence-corrected chi connectivity index (χ0v) is 9.05. The molecule has 1 aromatic carbocycles. The number of hydrogen-bond donors (Lipinski definition) is 0. The minimum absolute atomic E-state index is 0.953. The van der Waals surface area contributed by atoms with E-state index >= 15 is 0 Å². The van der Waals surface area contributed by atoms with Crippen molar-refractivity contribution in [1.82, 2.24) is 0 Å². The van der Waals surface area contributed by atoms with E-state index in [1.54, 1.807) is 11.8 Å². The Kier molecular flexibility index (Phi) is 3.04. The van der Waals surface area contributed by atoms with Gasteiger partial charge in [-0.1, -0.05) is 30.3 Å². The molecule has 0 unspecified atom stereocenters. The maximum absolute atomic E-state index is 4.44. The van der Waals surface area contributed by atoms with Crippen molar-refractivity contribution in [3.63, 3.8) is 0 Å². The van der Waals surface area contributed by atoms with E-state index in [1.165, 1.54) is 16.2 Å². The van der Waals surface area contributed by atoms with Crippen LogP contribution in [-0.4, -0.2) is 17.8 Å². The first kappa shape index (κ1) is 9.53. The molecule has 0 N–H and O–H groups in total. The molecule has 0 aliphatic carbocycles. The molecule has 0 fully saturated rings. The zero-order chi connectivity index (χ0) is 9.80. The molecule has 0 atom stereocenters. The quantitative estimate of drug-likeness (QED) is 0.682. The molecule has 0 spiro atoms. The molecule has 0 saturated carbocycles. The second-order valence-corrected chi connectivity index (χ2v) is 4.02. The van der Waals surface area contributed by atoms with Crippen LogP contribution in [0.15, 0.2) is 40.9 Å². The summed E-state index contributed by atoms with van der Waals surface area (Å²) in [7, 11) is 0. The third-order valence-electron chi connectivity index (χ3n) is 2.25. The Morgan fingerprint density at radius 2 is 2.07 bits per heavy atom. The highest BCUT2D eigenvalue weighted by Crippen LogP contribution is 2.22. The molecular formula is C12H13NS. The van der Waals surface area contributed by atoms with Crippen molar-refractivity contribution in [3.8, 4) is 0 Å². The van der Waals surface area contributed by atoms with Crippen LogP contribution >= 0.6 is 11.8 Å². The van der Waals surface area contributed by atoms with Gasteiger partial charge in [0.25, 0.3) is 0 Å². The molecule has 1 aliphatic rings. The summed E-state index contributed by atoms with van der Waals surface area (Å²) in [6.45, 7) is 0.953. The number of nitrogens with zero attached hydrogens (tertiary/aromatic N) is 1. The van der Waals surface area contributed by atoms with Gasteiger partial charge in [-0.3, -0.25) is 4.99 Å². The summed E-state index contributed by atoms with van der Waals surface area (Å²) in [6.07, 6.45) is 5.41. The van der Waals surface area contributed by atoms with Crippen molar-refractivity contribution >= 4 is 22.9 Å². The number of hydrogen-bond acceptors (Lipinski definition) is 2. The lowest BCUT2D eigenvalue weighted by atomic mass is 10.1. The average Bonchev–Trinajstić information content (AvgIpc) is 2.67. The van der Waals surface area contributed by atoms with Crippen molar-refractivity contribution in [3.05, 3.63) is 41.5 Å². The number of aliphatic imine (C=N–C) groups is 1. The standard InChI is InChI=1S/C12H13NS/c1-14-12-11(7-8-13-12)9-10-5-3-2-4-6-10/h2-6,9H,7-8H2,1H3/b11-9+. The van der Waals surface area contributed by atoms with Crippen LogP contribution in [0.3, 0.4) is 0 Å². The molecular weight excluding hydrogens is 190 g/mol. The minimum Gasteiger partial charge on any atom is -0.278 e. The van der Waals surface area contributed by atoms with Crippen molar-refractivity contribution in [2.75, 3.05) is 12.8 Å². The highest BCUT2D eigenvalue weighted by molar-refractivity contribution is 8.13. The first-order valence-corrected chi connectivity index (χ1v) is 5.97. The Bertz CT molecular complexity index is 365. The number of rotatable bonds is 1. The van der Waals surface area contributed by atoms with Gasteiger partial charge in [-0.25, -0.2) is 0 Å². The van der Waals surface area contributed by atoms with Crippen LogP contribution in [0.5, 0.6) is 0 Å². The summed E-state index contributed by atoms with van der Waals surface area (Å²) in [5, 5.41) is 1.20. The lowest BCUT2D eigenvalue weighted by Gasteiger charge is -1.99. The highest BCUT2D eigenvalue weighted by atomic mass is 32.2. The maximum atomic E-state index is 4.44. The summed E-state index contributed by atoms with van der Waals surface area (Å²) < 4.78 is 0. The lowest BCUT2D eigenvalue weighted by Crippen LogP contribution is -1.89. The Morgan fingerprint density at radius 1 is 1.29 bits per heavy atom. The topological polar surface area (TPSA) is 12.4 Å². The van der Waals surface area contributed by atoms with Crippen molar-refractivity contribution < 1.29 is 0 Å². The molecule has 0 aromatic heterocycles. The molecule has 14 heavy (non-hydrogen) atoms. The lowest BCUT2D eigenvalue weighted by molar-refractivity contribution is 1.05. The molecule has 72 valence electrons. The summed E-state index contributed by atoms with van der Waals surface area (Å²) in [5.74, 6) is 0. The van der Waals surface area contributed by atoms with Crippen LogP contribution in [0.4, 0.5) is 0 Å². The van der Waals surface area contributed by atoms with Gasteiger partial charge >= 0.3 is 0 Å². The van der Waals surface area contributed by atoms with Crippen LogP contribution in [0.25, 0.3) is 6.08 Å². The molecule has 1 aromatic rings. The molecule has 0 saturated heterocycles. The summed E-state index contributed by atoms with van der Waals surface area (Å²) in [5.41, 5.74) is 2.65. The second-order valence-electron chi connectivity index (χ2n) is 3.22. The average molecular weight is 203 g/mol. The Labute approximate surface area is 88.9 Å². The van der Waals surface area contributed by atoms with Gasteiger partial charge in [0.15, 0.2) is 0 Å². The van der Waals surface area contributed by atoms with E-state index < -0.39 is 0 Å². The fourth-order valence-corrected chi connectivity index (χ4v) is 2.21. The van der Waals surface area contributed by atoms with E-state index in [2.05, 4.69) is 41.6 Å². The van der Waals surface area contributed by atoms with Gasteiger partial charge in [-0.15, -0.1) is 11.8 Å². The first-order valence-electron chi connectivity index (χ1n) is 4.74. The highest BCUT2D eigenvalue weighted by Gasteiger charge is 2.11. The molecule has 0 bridgehead atoms. The summed E-state index contributed by atoms with van der Waals surface area (Å²) >= 11 is 1.74. The van der Waals surface area contributed by atoms with Crippen LogP contribution in [0.1, 0.15) is 12.0 Å². The van der Waals surface area contributed by atoms with Crippen molar-refractivity contribution in [2.24, 2.45) is 4.99 Å². The van der Waals surface area contributed by atoms with Gasteiger partial charge in [-0.05, 0) is 29.9 Å². The molecule has 1 nitrogen and oxygen atoms in total. The Balaban J connectivity index is 2.23. The van der Waals surface area contributed by atoms with Crippen LogP contribution in [-0.2, 0) is 0 Å². The number of thioether (sulfide) groups is 1. The van der Waals surface area contributed by atoms with Crippen molar-refractivity contribution in [2.45, 2.75) is 6.42 Å². The largest absolute Gasteiger partial charge is 0.278 e. The van der Waals surface area contributed by atoms with Gasteiger partial charge in [-0.2, -0.15) is 0 Å². The van der Waals surface area contributed by atoms with Crippen LogP contribution in [0.2, 0.25) is 0 Å². The molecule has 0 radical (unpaired) electrons. The monoisotopic (exact) mass is 203 g/mol. The Hall–Kier alpha value is -1.02. The van der Waals surface area contributed by atoms with Crippen LogP contribution < -0.4 is 0 Å².